The standard InChI is InChI=1S/C10H20N4O/c1-9(2)13-10(3,6-15)4-5-14-8-11-7-12-14/h7-9,13,15H,4-6H2,1-3H3. The number of aliphatic hydroxyl groups is 1. The van der Waals surface area contributed by atoms with Crippen LogP contribution < -0.4 is 5.32 Å². The average molecular weight is 212 g/mol. The fourth-order valence-corrected chi connectivity index (χ4v) is 1.60. The van der Waals surface area contributed by atoms with Crippen LogP contribution in [-0.4, -0.2) is 38.1 Å². The molecule has 0 aliphatic rings. The number of hydrogen-bond donors (Lipinski definition) is 2. The van der Waals surface area contributed by atoms with Gasteiger partial charge in [-0.1, -0.05) is 13.8 Å². The van der Waals surface area contributed by atoms with Crippen molar-refractivity contribution < 1.29 is 5.11 Å². The van der Waals surface area contributed by atoms with Crippen LogP contribution in [0, 0.1) is 0 Å². The Balaban J connectivity index is 2.45. The van der Waals surface area contributed by atoms with Gasteiger partial charge in [0.05, 0.1) is 6.61 Å². The van der Waals surface area contributed by atoms with Crippen molar-refractivity contribution >= 4 is 0 Å². The van der Waals surface area contributed by atoms with Crippen LogP contribution in [0.15, 0.2) is 12.7 Å². The lowest BCUT2D eigenvalue weighted by atomic mass is 9.98. The van der Waals surface area contributed by atoms with Gasteiger partial charge in [-0.15, -0.1) is 0 Å². The Bertz CT molecular complexity index is 273. The van der Waals surface area contributed by atoms with E-state index in [0.717, 1.165) is 13.0 Å². The van der Waals surface area contributed by atoms with Crippen molar-refractivity contribution in [2.45, 2.75) is 45.3 Å². The maximum Gasteiger partial charge on any atom is 0.137 e. The van der Waals surface area contributed by atoms with Gasteiger partial charge in [0.1, 0.15) is 12.7 Å². The number of aryl methyl sites for hydroxylation is 1. The fourth-order valence-electron chi connectivity index (χ4n) is 1.60. The summed E-state index contributed by atoms with van der Waals surface area (Å²) in [5.41, 5.74) is -0.250. The van der Waals surface area contributed by atoms with Gasteiger partial charge in [-0.2, -0.15) is 5.10 Å². The third kappa shape index (κ3) is 3.97. The number of nitrogens with one attached hydrogen (secondary N) is 1. The summed E-state index contributed by atoms with van der Waals surface area (Å²) in [6.07, 6.45) is 4.03. The van der Waals surface area contributed by atoms with Crippen LogP contribution in [-0.2, 0) is 6.54 Å². The Hall–Kier alpha value is -0.940. The summed E-state index contributed by atoms with van der Waals surface area (Å²) in [4.78, 5) is 3.88. The van der Waals surface area contributed by atoms with Gasteiger partial charge in [0, 0.05) is 18.1 Å². The molecule has 0 saturated heterocycles. The average Bonchev–Trinajstić information content (AvgIpc) is 2.66. The molecule has 1 atom stereocenters. The smallest absolute Gasteiger partial charge is 0.137 e. The zero-order valence-corrected chi connectivity index (χ0v) is 9.64. The van der Waals surface area contributed by atoms with Crippen LogP contribution >= 0.6 is 0 Å². The van der Waals surface area contributed by atoms with Crippen molar-refractivity contribution in [3.8, 4) is 0 Å². The first-order valence-corrected chi connectivity index (χ1v) is 5.27. The third-order valence-electron chi connectivity index (χ3n) is 2.35. The molecule has 0 bridgehead atoms. The maximum absolute atomic E-state index is 9.36. The Morgan fingerprint density at radius 1 is 1.53 bits per heavy atom. The van der Waals surface area contributed by atoms with Crippen LogP contribution in [0.4, 0.5) is 0 Å². The Kier molecular flexibility index (Phi) is 4.23. The Morgan fingerprint density at radius 3 is 2.73 bits per heavy atom. The lowest BCUT2D eigenvalue weighted by Gasteiger charge is -2.31. The second-order valence-corrected chi connectivity index (χ2v) is 4.43. The molecular weight excluding hydrogens is 192 g/mol. The second-order valence-electron chi connectivity index (χ2n) is 4.43. The van der Waals surface area contributed by atoms with E-state index in [9.17, 15) is 5.11 Å². The molecule has 0 amide bonds. The minimum Gasteiger partial charge on any atom is -0.394 e. The lowest BCUT2D eigenvalue weighted by Crippen LogP contribution is -2.49. The van der Waals surface area contributed by atoms with E-state index in [4.69, 9.17) is 0 Å². The first-order chi connectivity index (χ1) is 7.06. The molecular formula is C10H20N4O. The van der Waals surface area contributed by atoms with E-state index in [1.54, 1.807) is 11.0 Å². The lowest BCUT2D eigenvalue weighted by molar-refractivity contribution is 0.151. The van der Waals surface area contributed by atoms with Gasteiger partial charge in [0.2, 0.25) is 0 Å². The van der Waals surface area contributed by atoms with Gasteiger partial charge in [0.15, 0.2) is 0 Å². The first-order valence-electron chi connectivity index (χ1n) is 5.27. The molecule has 1 rings (SSSR count). The summed E-state index contributed by atoms with van der Waals surface area (Å²) in [5, 5.41) is 16.7. The molecule has 1 heterocycles. The van der Waals surface area contributed by atoms with Gasteiger partial charge in [-0.05, 0) is 13.3 Å². The number of aromatic nitrogens is 3. The number of rotatable bonds is 6. The van der Waals surface area contributed by atoms with E-state index in [1.165, 1.54) is 6.33 Å². The molecule has 0 radical (unpaired) electrons. The zero-order chi connectivity index (χ0) is 11.3. The van der Waals surface area contributed by atoms with Gasteiger partial charge in [0.25, 0.3) is 0 Å². The fraction of sp³-hybridized carbons (Fsp3) is 0.800. The van der Waals surface area contributed by atoms with Crippen molar-refractivity contribution in [1.82, 2.24) is 20.1 Å². The highest BCUT2D eigenvalue weighted by Crippen LogP contribution is 2.11. The Morgan fingerprint density at radius 2 is 2.27 bits per heavy atom. The quantitative estimate of drug-likeness (QED) is 0.717. The van der Waals surface area contributed by atoms with Gasteiger partial charge < -0.3 is 10.4 Å². The van der Waals surface area contributed by atoms with Crippen LogP contribution in [0.25, 0.3) is 0 Å². The third-order valence-corrected chi connectivity index (χ3v) is 2.35. The molecule has 1 aromatic rings. The largest absolute Gasteiger partial charge is 0.394 e. The van der Waals surface area contributed by atoms with E-state index in [-0.39, 0.29) is 12.1 Å². The van der Waals surface area contributed by atoms with E-state index < -0.39 is 0 Å². The molecule has 5 nitrogen and oxygen atoms in total. The molecule has 0 fully saturated rings. The van der Waals surface area contributed by atoms with Crippen LogP contribution in [0.5, 0.6) is 0 Å². The highest BCUT2D eigenvalue weighted by molar-refractivity contribution is 4.83. The molecule has 1 aromatic heterocycles. The molecule has 0 aliphatic heterocycles. The summed E-state index contributed by atoms with van der Waals surface area (Å²) >= 11 is 0. The maximum atomic E-state index is 9.36. The monoisotopic (exact) mass is 212 g/mol. The zero-order valence-electron chi connectivity index (χ0n) is 9.64. The predicted octanol–water partition coefficient (Wildman–Crippen LogP) is 0.417. The number of hydrogen-bond acceptors (Lipinski definition) is 4. The second kappa shape index (κ2) is 5.23. The van der Waals surface area contributed by atoms with Crippen LogP contribution in [0.1, 0.15) is 27.2 Å². The number of aliphatic hydroxyl groups excluding tert-OH is 1. The van der Waals surface area contributed by atoms with Crippen LogP contribution in [0.3, 0.4) is 0 Å². The first kappa shape index (κ1) is 12.1. The molecule has 0 aromatic carbocycles. The van der Waals surface area contributed by atoms with Crippen molar-refractivity contribution in [2.24, 2.45) is 0 Å². The van der Waals surface area contributed by atoms with Crippen molar-refractivity contribution in [3.05, 3.63) is 12.7 Å². The van der Waals surface area contributed by atoms with Crippen LogP contribution in [0.2, 0.25) is 0 Å². The molecule has 15 heavy (non-hydrogen) atoms. The summed E-state index contributed by atoms with van der Waals surface area (Å²) in [6, 6.07) is 0.359. The minimum absolute atomic E-state index is 0.125. The highest BCUT2D eigenvalue weighted by Gasteiger charge is 2.23. The van der Waals surface area contributed by atoms with Gasteiger partial charge >= 0.3 is 0 Å². The van der Waals surface area contributed by atoms with E-state index >= 15 is 0 Å². The Labute approximate surface area is 90.5 Å². The normalized spacial score (nSPS) is 15.5. The molecule has 1 unspecified atom stereocenters. The van der Waals surface area contributed by atoms with Crippen molar-refractivity contribution in [3.63, 3.8) is 0 Å². The van der Waals surface area contributed by atoms with Crippen molar-refractivity contribution in [2.75, 3.05) is 6.61 Å². The highest BCUT2D eigenvalue weighted by atomic mass is 16.3. The summed E-state index contributed by atoms with van der Waals surface area (Å²) in [5.74, 6) is 0. The number of nitrogens with zero attached hydrogens (tertiary/aromatic N) is 3. The molecule has 2 N–H and O–H groups in total. The SMILES string of the molecule is CC(C)NC(C)(CO)CCn1cncn1. The van der Waals surface area contributed by atoms with Gasteiger partial charge in [-0.25, -0.2) is 4.98 Å². The predicted molar refractivity (Wildman–Crippen MR) is 58.4 cm³/mol. The summed E-state index contributed by atoms with van der Waals surface area (Å²) in [6.45, 7) is 7.05. The minimum atomic E-state index is -0.250. The van der Waals surface area contributed by atoms with E-state index in [1.807, 2.05) is 6.92 Å². The molecule has 0 spiro atoms. The van der Waals surface area contributed by atoms with E-state index in [2.05, 4.69) is 29.2 Å². The summed E-state index contributed by atoms with van der Waals surface area (Å²) < 4.78 is 1.77. The molecule has 5 heteroatoms. The molecule has 86 valence electrons. The van der Waals surface area contributed by atoms with Gasteiger partial charge in [-0.3, -0.25) is 4.68 Å². The molecule has 0 saturated carbocycles. The van der Waals surface area contributed by atoms with Crippen molar-refractivity contribution in [1.29, 1.82) is 0 Å². The summed E-state index contributed by atoms with van der Waals surface area (Å²) in [7, 11) is 0. The van der Waals surface area contributed by atoms with E-state index in [0.29, 0.717) is 6.04 Å². The molecule has 0 aliphatic carbocycles. The topological polar surface area (TPSA) is 63.0 Å².